The predicted octanol–water partition coefficient (Wildman–Crippen LogP) is 3.86. The second-order valence-corrected chi connectivity index (χ2v) is 6.74. The molecule has 8 heteroatoms. The van der Waals surface area contributed by atoms with Gasteiger partial charge in [0.15, 0.2) is 0 Å². The van der Waals surface area contributed by atoms with E-state index in [0.717, 1.165) is 6.07 Å². The predicted molar refractivity (Wildman–Crippen MR) is 79.9 cm³/mol. The van der Waals surface area contributed by atoms with Crippen molar-refractivity contribution in [2.75, 3.05) is 23.0 Å². The maximum Gasteiger partial charge on any atom is 0.418 e. The van der Waals surface area contributed by atoms with Crippen LogP contribution in [0.1, 0.15) is 12.0 Å². The summed E-state index contributed by atoms with van der Waals surface area (Å²) in [4.78, 5) is 12.5. The van der Waals surface area contributed by atoms with Crippen LogP contribution < -0.4 is 4.90 Å². The molecule has 0 amide bonds. The van der Waals surface area contributed by atoms with Crippen LogP contribution in [-0.4, -0.2) is 35.2 Å². The summed E-state index contributed by atoms with van der Waals surface area (Å²) in [5.41, 5.74) is -0.684. The second kappa shape index (κ2) is 6.48. The Labute approximate surface area is 132 Å². The van der Waals surface area contributed by atoms with Gasteiger partial charge >= 0.3 is 12.1 Å². The summed E-state index contributed by atoms with van der Waals surface area (Å²) in [7, 11) is 0. The molecule has 1 aromatic carbocycles. The summed E-state index contributed by atoms with van der Waals surface area (Å²) in [5.74, 6) is 0.196. The first-order valence-electron chi connectivity index (χ1n) is 6.22. The van der Waals surface area contributed by atoms with Crippen LogP contribution in [-0.2, 0) is 11.0 Å². The maximum atomic E-state index is 13.2. The number of aliphatic carboxylic acids is 1. The molecule has 0 aromatic heterocycles. The van der Waals surface area contributed by atoms with Crippen molar-refractivity contribution in [1.82, 2.24) is 0 Å². The minimum atomic E-state index is -4.47. The van der Waals surface area contributed by atoms with Crippen molar-refractivity contribution in [1.29, 1.82) is 0 Å². The van der Waals surface area contributed by atoms with Crippen LogP contribution in [0.25, 0.3) is 0 Å². The summed E-state index contributed by atoms with van der Waals surface area (Å²) in [6, 6.07) is 3.56. The number of carboxylic acid groups (broad SMARTS) is 1. The van der Waals surface area contributed by atoms with E-state index in [9.17, 15) is 18.0 Å². The highest BCUT2D eigenvalue weighted by molar-refractivity contribution is 9.10. The summed E-state index contributed by atoms with van der Waals surface area (Å²) in [6.07, 6.45) is -4.64. The monoisotopic (exact) mass is 383 g/mol. The third-order valence-corrected chi connectivity index (χ3v) is 4.80. The Morgan fingerprint density at radius 3 is 2.81 bits per heavy atom. The zero-order chi connectivity index (χ0) is 15.6. The number of alkyl halides is 3. The molecule has 1 saturated heterocycles. The fourth-order valence-electron chi connectivity index (χ4n) is 2.33. The highest BCUT2D eigenvalue weighted by Gasteiger charge is 2.37. The number of rotatable bonds is 3. The van der Waals surface area contributed by atoms with E-state index in [1.54, 1.807) is 22.7 Å². The number of hydrogen-bond acceptors (Lipinski definition) is 3. The fourth-order valence-corrected chi connectivity index (χ4v) is 3.75. The molecule has 1 fully saturated rings. The summed E-state index contributed by atoms with van der Waals surface area (Å²) >= 11 is 4.62. The van der Waals surface area contributed by atoms with Crippen molar-refractivity contribution in [3.05, 3.63) is 28.2 Å². The van der Waals surface area contributed by atoms with Gasteiger partial charge < -0.3 is 10.0 Å². The number of benzene rings is 1. The van der Waals surface area contributed by atoms with Gasteiger partial charge in [-0.3, -0.25) is 4.79 Å². The van der Waals surface area contributed by atoms with Gasteiger partial charge in [0.05, 0.1) is 12.0 Å². The van der Waals surface area contributed by atoms with Crippen molar-refractivity contribution in [2.24, 2.45) is 0 Å². The fraction of sp³-hybridized carbons (Fsp3) is 0.462. The van der Waals surface area contributed by atoms with Crippen LogP contribution in [0.2, 0.25) is 0 Å². The van der Waals surface area contributed by atoms with E-state index in [1.807, 2.05) is 0 Å². The van der Waals surface area contributed by atoms with Crippen LogP contribution in [0.5, 0.6) is 0 Å². The third kappa shape index (κ3) is 4.06. The number of anilines is 1. The lowest BCUT2D eigenvalue weighted by Crippen LogP contribution is -2.44. The molecule has 3 nitrogen and oxygen atoms in total. The molecule has 21 heavy (non-hydrogen) atoms. The molecular formula is C13H13BrF3NO2S. The molecule has 0 radical (unpaired) electrons. The van der Waals surface area contributed by atoms with Gasteiger partial charge in [0.2, 0.25) is 0 Å². The number of carbonyl (C=O) groups is 1. The molecular weight excluding hydrogens is 371 g/mol. The van der Waals surface area contributed by atoms with Gasteiger partial charge in [0.1, 0.15) is 0 Å². The van der Waals surface area contributed by atoms with E-state index < -0.39 is 23.8 Å². The lowest BCUT2D eigenvalue weighted by atomic mass is 10.1. The Bertz CT molecular complexity index is 539. The summed E-state index contributed by atoms with van der Waals surface area (Å²) < 4.78 is 40.0. The number of hydrogen-bond donors (Lipinski definition) is 1. The molecule has 2 rings (SSSR count). The van der Waals surface area contributed by atoms with E-state index in [0.29, 0.717) is 22.5 Å². The van der Waals surface area contributed by atoms with Gasteiger partial charge in [-0.05, 0) is 18.2 Å². The highest BCUT2D eigenvalue weighted by Crippen LogP contribution is 2.40. The van der Waals surface area contributed by atoms with E-state index >= 15 is 0 Å². The van der Waals surface area contributed by atoms with Gasteiger partial charge in [0, 0.05) is 34.3 Å². The molecule has 0 aliphatic carbocycles. The van der Waals surface area contributed by atoms with Gasteiger partial charge in [-0.1, -0.05) is 15.9 Å². The minimum Gasteiger partial charge on any atom is -0.481 e. The van der Waals surface area contributed by atoms with Crippen molar-refractivity contribution in [2.45, 2.75) is 18.6 Å². The topological polar surface area (TPSA) is 40.5 Å². The van der Waals surface area contributed by atoms with E-state index in [1.165, 1.54) is 6.07 Å². The third-order valence-electron chi connectivity index (χ3n) is 3.21. The zero-order valence-electron chi connectivity index (χ0n) is 10.9. The molecule has 1 N–H and O–H groups in total. The minimum absolute atomic E-state index is 0.0530. The first-order chi connectivity index (χ1) is 9.79. The van der Waals surface area contributed by atoms with Crippen LogP contribution in [0.3, 0.4) is 0 Å². The van der Waals surface area contributed by atoms with Gasteiger partial charge in [0.25, 0.3) is 0 Å². The molecule has 0 bridgehead atoms. The number of nitrogens with zero attached hydrogens (tertiary/aromatic N) is 1. The standard InChI is InChI=1S/C13H13BrF3NO2S/c14-8-1-2-11(10(5-8)13(15,16)17)18-3-4-21-7-9(18)6-12(19)20/h1-2,5,9H,3-4,6-7H2,(H,19,20). The molecule has 1 aliphatic rings. The number of thioether (sulfide) groups is 1. The van der Waals surface area contributed by atoms with Crippen LogP contribution in [0, 0.1) is 0 Å². The Morgan fingerprint density at radius 2 is 2.19 bits per heavy atom. The second-order valence-electron chi connectivity index (χ2n) is 4.68. The lowest BCUT2D eigenvalue weighted by molar-refractivity contribution is -0.137. The van der Waals surface area contributed by atoms with Gasteiger partial charge in [-0.15, -0.1) is 0 Å². The first kappa shape index (κ1) is 16.5. The van der Waals surface area contributed by atoms with E-state index in [4.69, 9.17) is 5.11 Å². The smallest absolute Gasteiger partial charge is 0.418 e. The molecule has 116 valence electrons. The zero-order valence-corrected chi connectivity index (χ0v) is 13.3. The normalized spacial score (nSPS) is 19.6. The largest absolute Gasteiger partial charge is 0.481 e. The van der Waals surface area contributed by atoms with Gasteiger partial charge in [-0.25, -0.2) is 0 Å². The molecule has 0 spiro atoms. The first-order valence-corrected chi connectivity index (χ1v) is 8.16. The van der Waals surface area contributed by atoms with E-state index in [-0.39, 0.29) is 12.1 Å². The van der Waals surface area contributed by atoms with Crippen molar-refractivity contribution < 1.29 is 23.1 Å². The Hall–Kier alpha value is -0.890. The van der Waals surface area contributed by atoms with Crippen LogP contribution in [0.15, 0.2) is 22.7 Å². The lowest BCUT2D eigenvalue weighted by Gasteiger charge is -2.38. The van der Waals surface area contributed by atoms with E-state index in [2.05, 4.69) is 15.9 Å². The van der Waals surface area contributed by atoms with Crippen LogP contribution >= 0.6 is 27.7 Å². The Balaban J connectivity index is 2.40. The van der Waals surface area contributed by atoms with Crippen molar-refractivity contribution in [3.63, 3.8) is 0 Å². The highest BCUT2D eigenvalue weighted by atomic mass is 79.9. The quantitative estimate of drug-likeness (QED) is 0.859. The molecule has 1 aliphatic heterocycles. The molecule has 1 unspecified atom stereocenters. The van der Waals surface area contributed by atoms with Crippen LogP contribution in [0.4, 0.5) is 18.9 Å². The Kier molecular flexibility index (Phi) is 5.08. The van der Waals surface area contributed by atoms with Crippen molar-refractivity contribution in [3.8, 4) is 0 Å². The SMILES string of the molecule is O=C(O)CC1CSCCN1c1ccc(Br)cc1C(F)(F)F. The average Bonchev–Trinajstić information content (AvgIpc) is 2.38. The maximum absolute atomic E-state index is 13.2. The average molecular weight is 384 g/mol. The number of carboxylic acids is 1. The summed E-state index contributed by atoms with van der Waals surface area (Å²) in [6.45, 7) is 0.410. The molecule has 0 saturated carbocycles. The van der Waals surface area contributed by atoms with Gasteiger partial charge in [-0.2, -0.15) is 24.9 Å². The van der Waals surface area contributed by atoms with Crippen molar-refractivity contribution >= 4 is 39.3 Å². The number of halogens is 4. The summed E-state index contributed by atoms with van der Waals surface area (Å²) in [5, 5.41) is 8.94. The molecule has 1 atom stereocenters. The molecule has 1 aromatic rings. The molecule has 1 heterocycles. The Morgan fingerprint density at radius 1 is 1.48 bits per heavy atom.